The lowest BCUT2D eigenvalue weighted by molar-refractivity contribution is -0.150. The van der Waals surface area contributed by atoms with Crippen molar-refractivity contribution >= 4 is 5.97 Å². The molecule has 2 rings (SSSR count). The van der Waals surface area contributed by atoms with Gasteiger partial charge in [-0.25, -0.2) is 4.79 Å². The maximum atomic E-state index is 10.8. The van der Waals surface area contributed by atoms with Crippen LogP contribution in [0.25, 0.3) is 0 Å². The molecule has 0 amide bonds. The van der Waals surface area contributed by atoms with E-state index in [2.05, 4.69) is 4.74 Å². The van der Waals surface area contributed by atoms with Gasteiger partial charge >= 0.3 is 5.97 Å². The molecule has 0 aromatic heterocycles. The minimum atomic E-state index is -0.940. The van der Waals surface area contributed by atoms with Gasteiger partial charge in [0.15, 0.2) is 0 Å². The second kappa shape index (κ2) is 3.59. The molecule has 0 aliphatic heterocycles. The van der Waals surface area contributed by atoms with E-state index in [1.807, 2.05) is 12.2 Å². The highest BCUT2D eigenvalue weighted by Gasteiger charge is 2.55. The molecule has 2 aliphatic carbocycles. The van der Waals surface area contributed by atoms with E-state index in [1.54, 1.807) is 0 Å². The standard InChI is InChI=1S/C10H14O5/c1-14-7(11)5-15-6-4-10(2-3-10)9(13)8(6)12/h2-3,6,8-9,12-13H,4-5H2,1H3. The number of aliphatic hydroxyl groups excluding tert-OH is 2. The maximum absolute atomic E-state index is 10.8. The molecule has 0 radical (unpaired) electrons. The van der Waals surface area contributed by atoms with E-state index < -0.39 is 24.3 Å². The smallest absolute Gasteiger partial charge is 0.331 e. The van der Waals surface area contributed by atoms with Crippen LogP contribution in [0.5, 0.6) is 0 Å². The summed E-state index contributed by atoms with van der Waals surface area (Å²) in [5, 5.41) is 19.3. The molecule has 0 aromatic rings. The van der Waals surface area contributed by atoms with Crippen molar-refractivity contribution in [2.24, 2.45) is 5.41 Å². The minimum Gasteiger partial charge on any atom is -0.467 e. The maximum Gasteiger partial charge on any atom is 0.331 e. The van der Waals surface area contributed by atoms with Crippen molar-refractivity contribution in [1.82, 2.24) is 0 Å². The van der Waals surface area contributed by atoms with Crippen molar-refractivity contribution in [2.75, 3.05) is 13.7 Å². The normalized spacial score (nSPS) is 35.8. The van der Waals surface area contributed by atoms with Crippen molar-refractivity contribution in [1.29, 1.82) is 0 Å². The Bertz CT molecular complexity index is 292. The molecule has 0 heterocycles. The molecule has 5 nitrogen and oxygen atoms in total. The van der Waals surface area contributed by atoms with Gasteiger partial charge in [-0.3, -0.25) is 0 Å². The fraction of sp³-hybridized carbons (Fsp3) is 0.700. The number of hydrogen-bond donors (Lipinski definition) is 2. The van der Waals surface area contributed by atoms with Crippen LogP contribution < -0.4 is 0 Å². The molecule has 1 fully saturated rings. The Hall–Kier alpha value is -0.910. The van der Waals surface area contributed by atoms with Crippen LogP contribution in [0.4, 0.5) is 0 Å². The second-order valence-corrected chi connectivity index (χ2v) is 4.01. The summed E-state index contributed by atoms with van der Waals surface area (Å²) in [5.41, 5.74) is -0.389. The van der Waals surface area contributed by atoms with E-state index in [-0.39, 0.29) is 12.0 Å². The number of aliphatic hydroxyl groups is 2. The fourth-order valence-electron chi connectivity index (χ4n) is 1.94. The van der Waals surface area contributed by atoms with Crippen LogP contribution in [0, 0.1) is 5.41 Å². The van der Waals surface area contributed by atoms with Crippen molar-refractivity contribution in [2.45, 2.75) is 24.7 Å². The van der Waals surface area contributed by atoms with Crippen molar-refractivity contribution in [3.8, 4) is 0 Å². The summed E-state index contributed by atoms with van der Waals surface area (Å²) in [6, 6.07) is 0. The van der Waals surface area contributed by atoms with E-state index >= 15 is 0 Å². The topological polar surface area (TPSA) is 76.0 Å². The van der Waals surface area contributed by atoms with Crippen LogP contribution in [0.3, 0.4) is 0 Å². The number of carbonyl (C=O) groups excluding carboxylic acids is 1. The molecule has 1 saturated carbocycles. The first kappa shape index (κ1) is 10.6. The Morgan fingerprint density at radius 3 is 2.67 bits per heavy atom. The summed E-state index contributed by atoms with van der Waals surface area (Å²) in [6.45, 7) is -0.193. The van der Waals surface area contributed by atoms with Gasteiger partial charge in [-0.2, -0.15) is 0 Å². The number of ether oxygens (including phenoxy) is 2. The molecular formula is C10H14O5. The summed E-state index contributed by atoms with van der Waals surface area (Å²) in [5.74, 6) is -0.485. The Labute approximate surface area is 87.3 Å². The monoisotopic (exact) mass is 214 g/mol. The zero-order chi connectivity index (χ0) is 11.1. The Balaban J connectivity index is 1.86. The lowest BCUT2D eigenvalue weighted by Crippen LogP contribution is -2.33. The van der Waals surface area contributed by atoms with Crippen LogP contribution in [0.2, 0.25) is 0 Å². The average molecular weight is 214 g/mol. The van der Waals surface area contributed by atoms with Gasteiger partial charge in [-0.15, -0.1) is 0 Å². The predicted octanol–water partition coefficient (Wildman–Crippen LogP) is -0.774. The molecular weight excluding hydrogens is 200 g/mol. The SMILES string of the molecule is COC(=O)COC1CC2(C=C2)C(O)C1O. The third-order valence-corrected chi connectivity index (χ3v) is 3.05. The quantitative estimate of drug-likeness (QED) is 0.476. The molecule has 2 aliphatic rings. The largest absolute Gasteiger partial charge is 0.467 e. The summed E-state index contributed by atoms with van der Waals surface area (Å²) in [4.78, 5) is 10.8. The van der Waals surface area contributed by atoms with Gasteiger partial charge in [0, 0.05) is 5.41 Å². The van der Waals surface area contributed by atoms with Crippen LogP contribution in [-0.4, -0.2) is 48.2 Å². The van der Waals surface area contributed by atoms with Crippen LogP contribution >= 0.6 is 0 Å². The van der Waals surface area contributed by atoms with Crippen LogP contribution in [0.1, 0.15) is 6.42 Å². The van der Waals surface area contributed by atoms with E-state index in [1.165, 1.54) is 7.11 Å². The average Bonchev–Trinajstić information content (AvgIpc) is 2.98. The lowest BCUT2D eigenvalue weighted by atomic mass is 10.0. The van der Waals surface area contributed by atoms with E-state index in [0.717, 1.165) is 0 Å². The number of esters is 1. The highest BCUT2D eigenvalue weighted by molar-refractivity contribution is 5.70. The van der Waals surface area contributed by atoms with Gasteiger partial charge in [-0.1, -0.05) is 12.2 Å². The number of rotatable bonds is 3. The Morgan fingerprint density at radius 2 is 2.20 bits per heavy atom. The molecule has 2 N–H and O–H groups in total. The third kappa shape index (κ3) is 1.78. The molecule has 3 atom stereocenters. The van der Waals surface area contributed by atoms with Gasteiger partial charge < -0.3 is 19.7 Å². The molecule has 0 aromatic carbocycles. The third-order valence-electron chi connectivity index (χ3n) is 3.05. The first-order chi connectivity index (χ1) is 7.09. The molecule has 3 unspecified atom stereocenters. The van der Waals surface area contributed by atoms with Crippen LogP contribution in [0.15, 0.2) is 12.2 Å². The van der Waals surface area contributed by atoms with Gasteiger partial charge in [0.2, 0.25) is 0 Å². The Kier molecular flexibility index (Phi) is 2.54. The summed E-state index contributed by atoms with van der Waals surface area (Å²) in [7, 11) is 1.27. The van der Waals surface area contributed by atoms with Gasteiger partial charge in [-0.05, 0) is 6.42 Å². The fourth-order valence-corrected chi connectivity index (χ4v) is 1.94. The predicted molar refractivity (Wildman–Crippen MR) is 50.0 cm³/mol. The molecule has 84 valence electrons. The van der Waals surface area contributed by atoms with Crippen LogP contribution in [-0.2, 0) is 14.3 Å². The van der Waals surface area contributed by atoms with Crippen molar-refractivity contribution in [3.63, 3.8) is 0 Å². The van der Waals surface area contributed by atoms with Gasteiger partial charge in [0.1, 0.15) is 12.7 Å². The number of hydrogen-bond acceptors (Lipinski definition) is 5. The van der Waals surface area contributed by atoms with Gasteiger partial charge in [0.05, 0.1) is 19.3 Å². The Morgan fingerprint density at radius 1 is 1.53 bits per heavy atom. The summed E-state index contributed by atoms with van der Waals surface area (Å²) in [6.07, 6.45) is 1.95. The first-order valence-electron chi connectivity index (χ1n) is 4.84. The molecule has 5 heteroatoms. The first-order valence-corrected chi connectivity index (χ1v) is 4.84. The van der Waals surface area contributed by atoms with E-state index in [0.29, 0.717) is 6.42 Å². The minimum absolute atomic E-state index is 0.193. The highest BCUT2D eigenvalue weighted by Crippen LogP contribution is 2.50. The lowest BCUT2D eigenvalue weighted by Gasteiger charge is -2.16. The molecule has 0 bridgehead atoms. The van der Waals surface area contributed by atoms with Crippen molar-refractivity contribution in [3.05, 3.63) is 12.2 Å². The number of carbonyl (C=O) groups is 1. The second-order valence-electron chi connectivity index (χ2n) is 4.01. The molecule has 1 spiro atoms. The van der Waals surface area contributed by atoms with E-state index in [4.69, 9.17) is 4.74 Å². The van der Waals surface area contributed by atoms with Crippen molar-refractivity contribution < 1.29 is 24.5 Å². The number of methoxy groups -OCH3 is 1. The van der Waals surface area contributed by atoms with E-state index in [9.17, 15) is 15.0 Å². The zero-order valence-electron chi connectivity index (χ0n) is 8.42. The zero-order valence-corrected chi connectivity index (χ0v) is 8.42. The molecule has 15 heavy (non-hydrogen) atoms. The summed E-state index contributed by atoms with van der Waals surface area (Å²) < 4.78 is 9.61. The van der Waals surface area contributed by atoms with Gasteiger partial charge in [0.25, 0.3) is 0 Å². The summed E-state index contributed by atoms with van der Waals surface area (Å²) >= 11 is 0. The molecule has 0 saturated heterocycles. The highest BCUT2D eigenvalue weighted by atomic mass is 16.6.